The third-order valence-electron chi connectivity index (χ3n) is 4.98. The van der Waals surface area contributed by atoms with Crippen LogP contribution in [0.25, 0.3) is 28.0 Å². The smallest absolute Gasteiger partial charge is 0.237 e. The Bertz CT molecular complexity index is 1110. The van der Waals surface area contributed by atoms with Gasteiger partial charge in [0.1, 0.15) is 18.6 Å². The van der Waals surface area contributed by atoms with Crippen LogP contribution in [0, 0.1) is 6.92 Å². The fraction of sp³-hybridized carbons (Fsp3) is 0.143. The average Bonchev–Trinajstić information content (AvgIpc) is 3.11. The molecule has 4 aromatic rings. The van der Waals surface area contributed by atoms with Crippen molar-refractivity contribution in [3.05, 3.63) is 77.7 Å². The summed E-state index contributed by atoms with van der Waals surface area (Å²) in [6.45, 7) is 2.18. The molecule has 0 fully saturated rings. The van der Waals surface area contributed by atoms with Gasteiger partial charge in [-0.25, -0.2) is 4.98 Å². The summed E-state index contributed by atoms with van der Waals surface area (Å²) >= 11 is 0. The largest absolute Gasteiger partial charge is 0.290 e. The fourth-order valence-corrected chi connectivity index (χ4v) is 3.84. The first-order valence-electron chi connectivity index (χ1n) is 8.28. The molecule has 1 aliphatic heterocycles. The van der Waals surface area contributed by atoms with E-state index in [2.05, 4.69) is 83.9 Å². The molecule has 5 rings (SSSR count). The highest BCUT2D eigenvalue weighted by Crippen LogP contribution is 2.37. The lowest BCUT2D eigenvalue weighted by Gasteiger charge is -2.11. The second-order valence-electron chi connectivity index (χ2n) is 6.49. The number of imidazole rings is 1. The van der Waals surface area contributed by atoms with Crippen molar-refractivity contribution in [1.82, 2.24) is 9.55 Å². The van der Waals surface area contributed by atoms with Crippen molar-refractivity contribution in [3.63, 3.8) is 0 Å². The zero-order chi connectivity index (χ0) is 16.3. The highest BCUT2D eigenvalue weighted by molar-refractivity contribution is 5.83. The number of pyridine rings is 1. The van der Waals surface area contributed by atoms with Crippen molar-refractivity contribution >= 4 is 11.0 Å². The van der Waals surface area contributed by atoms with Crippen LogP contribution in [0.4, 0.5) is 0 Å². The summed E-state index contributed by atoms with van der Waals surface area (Å²) in [6.07, 6.45) is 3.05. The minimum atomic E-state index is 0.893. The van der Waals surface area contributed by atoms with Gasteiger partial charge in [-0.3, -0.25) is 4.57 Å². The Morgan fingerprint density at radius 1 is 1.00 bits per heavy atom. The molecule has 0 bridgehead atoms. The number of para-hydroxylation sites is 2. The molecule has 2 aromatic carbocycles. The van der Waals surface area contributed by atoms with Crippen LogP contribution < -0.4 is 4.57 Å². The van der Waals surface area contributed by atoms with Gasteiger partial charge in [0, 0.05) is 12.5 Å². The number of hydrogen-bond donors (Lipinski definition) is 0. The van der Waals surface area contributed by atoms with Crippen LogP contribution in [0.15, 0.2) is 60.8 Å². The van der Waals surface area contributed by atoms with Crippen LogP contribution >= 0.6 is 0 Å². The molecule has 0 atom stereocenters. The van der Waals surface area contributed by atoms with Crippen LogP contribution in [0.5, 0.6) is 0 Å². The lowest BCUT2D eigenvalue weighted by atomic mass is 10.0. The SMILES string of the molecule is Cc1ccccc1-c1c2c(cc[n+]1C)Cc1nc3ccccc3n1-2. The van der Waals surface area contributed by atoms with Gasteiger partial charge < -0.3 is 0 Å². The van der Waals surface area contributed by atoms with Crippen molar-refractivity contribution in [2.75, 3.05) is 0 Å². The Labute approximate surface area is 140 Å². The molecule has 0 unspecified atom stereocenters. The van der Waals surface area contributed by atoms with E-state index >= 15 is 0 Å². The normalized spacial score (nSPS) is 12.4. The third kappa shape index (κ3) is 1.72. The molecule has 0 saturated carbocycles. The molecule has 0 radical (unpaired) electrons. The molecule has 3 nitrogen and oxygen atoms in total. The van der Waals surface area contributed by atoms with Crippen molar-refractivity contribution < 1.29 is 4.57 Å². The monoisotopic (exact) mass is 312 g/mol. The van der Waals surface area contributed by atoms with Gasteiger partial charge in [0.15, 0.2) is 6.20 Å². The molecular weight excluding hydrogens is 294 g/mol. The minimum absolute atomic E-state index is 0.893. The second-order valence-corrected chi connectivity index (χ2v) is 6.49. The van der Waals surface area contributed by atoms with E-state index < -0.39 is 0 Å². The maximum atomic E-state index is 4.85. The molecule has 0 N–H and O–H groups in total. The van der Waals surface area contributed by atoms with Crippen LogP contribution in [0.2, 0.25) is 0 Å². The topological polar surface area (TPSA) is 21.7 Å². The van der Waals surface area contributed by atoms with Gasteiger partial charge >= 0.3 is 0 Å². The first-order valence-corrected chi connectivity index (χ1v) is 8.28. The molecule has 3 heterocycles. The maximum Gasteiger partial charge on any atom is 0.237 e. The summed E-state index contributed by atoms with van der Waals surface area (Å²) < 4.78 is 4.57. The first-order chi connectivity index (χ1) is 11.7. The summed E-state index contributed by atoms with van der Waals surface area (Å²) in [5.41, 5.74) is 8.71. The Morgan fingerprint density at radius 2 is 1.79 bits per heavy atom. The molecule has 3 heteroatoms. The quantitative estimate of drug-likeness (QED) is 0.432. The third-order valence-corrected chi connectivity index (χ3v) is 4.98. The number of aromatic nitrogens is 3. The van der Waals surface area contributed by atoms with E-state index in [1.54, 1.807) is 0 Å². The highest BCUT2D eigenvalue weighted by atomic mass is 15.1. The van der Waals surface area contributed by atoms with Crippen LogP contribution in [0.1, 0.15) is 17.0 Å². The predicted molar refractivity (Wildman–Crippen MR) is 95.2 cm³/mol. The fourth-order valence-electron chi connectivity index (χ4n) is 3.84. The molecular formula is C21H18N3+. The van der Waals surface area contributed by atoms with Gasteiger partial charge in [0.25, 0.3) is 0 Å². The minimum Gasteiger partial charge on any atom is -0.290 e. The van der Waals surface area contributed by atoms with E-state index in [9.17, 15) is 0 Å². The average molecular weight is 312 g/mol. The number of rotatable bonds is 1. The van der Waals surface area contributed by atoms with Gasteiger partial charge in [0.05, 0.1) is 16.6 Å². The summed E-state index contributed by atoms with van der Waals surface area (Å²) in [5, 5.41) is 0. The lowest BCUT2D eigenvalue weighted by molar-refractivity contribution is -0.660. The van der Waals surface area contributed by atoms with E-state index in [1.165, 1.54) is 33.6 Å². The Kier molecular flexibility index (Phi) is 2.69. The molecule has 116 valence electrons. The standard InChI is InChI=1S/C21H18N3/c1-14-7-3-4-8-16(14)21-20-15(11-12-23(21)2)13-19-22-17-9-5-6-10-18(17)24(19)20/h3-12H,13H2,1-2H3/q+1. The Balaban J connectivity index is 1.91. The zero-order valence-corrected chi connectivity index (χ0v) is 13.8. The number of benzene rings is 2. The summed E-state index contributed by atoms with van der Waals surface area (Å²) in [7, 11) is 2.12. The van der Waals surface area contributed by atoms with Crippen molar-refractivity contribution in [2.45, 2.75) is 13.3 Å². The summed E-state index contributed by atoms with van der Waals surface area (Å²) in [4.78, 5) is 4.85. The van der Waals surface area contributed by atoms with E-state index in [-0.39, 0.29) is 0 Å². The summed E-state index contributed by atoms with van der Waals surface area (Å²) in [5.74, 6) is 1.13. The Morgan fingerprint density at radius 3 is 2.67 bits per heavy atom. The molecule has 0 spiro atoms. The van der Waals surface area contributed by atoms with Crippen LogP contribution in [-0.4, -0.2) is 9.55 Å². The predicted octanol–water partition coefficient (Wildman–Crippen LogP) is 3.73. The van der Waals surface area contributed by atoms with Gasteiger partial charge in [-0.2, -0.15) is 4.57 Å². The van der Waals surface area contributed by atoms with Gasteiger partial charge in [0.2, 0.25) is 5.69 Å². The van der Waals surface area contributed by atoms with Gasteiger partial charge in [-0.15, -0.1) is 0 Å². The molecule has 0 saturated heterocycles. The number of hydrogen-bond acceptors (Lipinski definition) is 1. The van der Waals surface area contributed by atoms with Crippen molar-refractivity contribution in [1.29, 1.82) is 0 Å². The molecule has 1 aliphatic rings. The van der Waals surface area contributed by atoms with Gasteiger partial charge in [-0.1, -0.05) is 30.3 Å². The van der Waals surface area contributed by atoms with E-state index in [1.807, 2.05) is 0 Å². The summed E-state index contributed by atoms with van der Waals surface area (Å²) in [6, 6.07) is 19.2. The van der Waals surface area contributed by atoms with E-state index in [4.69, 9.17) is 4.98 Å². The van der Waals surface area contributed by atoms with E-state index in [0.29, 0.717) is 0 Å². The van der Waals surface area contributed by atoms with Crippen molar-refractivity contribution in [2.24, 2.45) is 7.05 Å². The number of fused-ring (bicyclic) bond motifs is 5. The Hall–Kier alpha value is -2.94. The van der Waals surface area contributed by atoms with Crippen LogP contribution in [0.3, 0.4) is 0 Å². The van der Waals surface area contributed by atoms with Gasteiger partial charge in [-0.05, 0) is 36.2 Å². The van der Waals surface area contributed by atoms with Crippen LogP contribution in [-0.2, 0) is 13.5 Å². The molecule has 0 amide bonds. The zero-order valence-electron chi connectivity index (χ0n) is 13.8. The number of nitrogens with zero attached hydrogens (tertiary/aromatic N) is 3. The highest BCUT2D eigenvalue weighted by Gasteiger charge is 2.31. The number of aryl methyl sites for hydroxylation is 2. The second kappa shape index (κ2) is 4.78. The maximum absolute atomic E-state index is 4.85. The molecule has 0 aliphatic carbocycles. The van der Waals surface area contributed by atoms with E-state index in [0.717, 1.165) is 17.8 Å². The first kappa shape index (κ1) is 13.5. The van der Waals surface area contributed by atoms with Crippen molar-refractivity contribution in [3.8, 4) is 16.9 Å². The lowest BCUT2D eigenvalue weighted by Crippen LogP contribution is -2.32. The molecule has 24 heavy (non-hydrogen) atoms. The molecule has 2 aromatic heterocycles.